The lowest BCUT2D eigenvalue weighted by molar-refractivity contribution is 0.221. The number of hydrogen-bond acceptors (Lipinski definition) is 5. The third-order valence-corrected chi connectivity index (χ3v) is 5.10. The Morgan fingerprint density at radius 3 is 2.69 bits per heavy atom. The van der Waals surface area contributed by atoms with Gasteiger partial charge in [0.1, 0.15) is 0 Å². The second kappa shape index (κ2) is 10.4. The van der Waals surface area contributed by atoms with E-state index in [0.717, 1.165) is 44.0 Å². The Morgan fingerprint density at radius 2 is 2.03 bits per heavy atom. The van der Waals surface area contributed by atoms with Crippen molar-refractivity contribution in [3.63, 3.8) is 0 Å². The quantitative estimate of drug-likeness (QED) is 0.410. The van der Waals surface area contributed by atoms with E-state index < -0.39 is 0 Å². The molecule has 8 heteroatoms. The smallest absolute Gasteiger partial charge is 0.228 e. The summed E-state index contributed by atoms with van der Waals surface area (Å²) in [7, 11) is 1.79. The molecule has 0 bridgehead atoms. The molecule has 3 rings (SSSR count). The Bertz CT molecular complexity index is 824. The van der Waals surface area contributed by atoms with Crippen molar-refractivity contribution in [2.75, 3.05) is 33.2 Å². The Kier molecular flexibility index (Phi) is 7.66. The maximum Gasteiger partial charge on any atom is 0.228 e. The highest BCUT2D eigenvalue weighted by Gasteiger charge is 2.19. The van der Waals surface area contributed by atoms with E-state index in [2.05, 4.69) is 44.2 Å². The fourth-order valence-electron chi connectivity index (χ4n) is 3.37. The number of piperidine rings is 1. The van der Waals surface area contributed by atoms with E-state index in [9.17, 15) is 0 Å². The molecule has 7 nitrogen and oxygen atoms in total. The molecule has 156 valence electrons. The largest absolute Gasteiger partial charge is 0.356 e. The lowest BCUT2D eigenvalue weighted by Crippen LogP contribution is -2.49. The van der Waals surface area contributed by atoms with Crippen LogP contribution in [-0.4, -0.2) is 60.3 Å². The molecule has 0 spiro atoms. The van der Waals surface area contributed by atoms with Gasteiger partial charge in [-0.05, 0) is 44.0 Å². The lowest BCUT2D eigenvalue weighted by atomic mass is 10.0. The average Bonchev–Trinajstić information content (AvgIpc) is 3.17. The summed E-state index contributed by atoms with van der Waals surface area (Å²) in [5, 5.41) is 11.6. The molecular formula is C21H29ClN6O. The highest BCUT2D eigenvalue weighted by Crippen LogP contribution is 2.18. The molecule has 29 heavy (non-hydrogen) atoms. The van der Waals surface area contributed by atoms with Crippen molar-refractivity contribution < 1.29 is 4.52 Å². The fourth-order valence-corrected chi connectivity index (χ4v) is 3.49. The van der Waals surface area contributed by atoms with Gasteiger partial charge in [0.2, 0.25) is 11.7 Å². The predicted molar refractivity (Wildman–Crippen MR) is 117 cm³/mol. The molecule has 0 amide bonds. The molecule has 0 atom stereocenters. The van der Waals surface area contributed by atoms with Gasteiger partial charge in [-0.25, -0.2) is 0 Å². The van der Waals surface area contributed by atoms with Crippen LogP contribution in [-0.2, 0) is 6.42 Å². The number of hydrogen-bond donors (Lipinski definition) is 2. The van der Waals surface area contributed by atoms with Gasteiger partial charge in [0.05, 0.1) is 0 Å². The first-order chi connectivity index (χ1) is 14.0. The average molecular weight is 417 g/mol. The molecule has 1 aliphatic heterocycles. The Balaban J connectivity index is 1.41. The first kappa shape index (κ1) is 21.3. The number of halogens is 1. The molecule has 2 heterocycles. The van der Waals surface area contributed by atoms with Crippen molar-refractivity contribution in [2.24, 2.45) is 4.99 Å². The van der Waals surface area contributed by atoms with Gasteiger partial charge < -0.3 is 15.2 Å². The van der Waals surface area contributed by atoms with E-state index in [-0.39, 0.29) is 0 Å². The van der Waals surface area contributed by atoms with Gasteiger partial charge in [-0.2, -0.15) is 4.98 Å². The fraction of sp³-hybridized carbons (Fsp3) is 0.476. The summed E-state index contributed by atoms with van der Waals surface area (Å²) in [4.78, 5) is 11.2. The molecule has 0 unspecified atom stereocenters. The Morgan fingerprint density at radius 1 is 1.31 bits per heavy atom. The van der Waals surface area contributed by atoms with E-state index in [1.807, 2.05) is 24.3 Å². The van der Waals surface area contributed by atoms with Crippen LogP contribution in [0.1, 0.15) is 25.7 Å². The summed E-state index contributed by atoms with van der Waals surface area (Å²) >= 11 is 5.92. The van der Waals surface area contributed by atoms with E-state index in [1.54, 1.807) is 7.05 Å². The van der Waals surface area contributed by atoms with Gasteiger partial charge >= 0.3 is 0 Å². The van der Waals surface area contributed by atoms with E-state index in [0.29, 0.717) is 35.7 Å². The number of aliphatic imine (C=N–C) groups is 1. The minimum Gasteiger partial charge on any atom is -0.356 e. The van der Waals surface area contributed by atoms with Crippen LogP contribution in [0.5, 0.6) is 0 Å². The summed E-state index contributed by atoms with van der Waals surface area (Å²) in [5.74, 6) is 1.97. The second-order valence-corrected chi connectivity index (χ2v) is 7.86. The summed E-state index contributed by atoms with van der Waals surface area (Å²) in [6, 6.07) is 7.81. The van der Waals surface area contributed by atoms with Gasteiger partial charge in [0.25, 0.3) is 0 Å². The van der Waals surface area contributed by atoms with E-state index in [1.165, 1.54) is 5.57 Å². The van der Waals surface area contributed by atoms with Crippen molar-refractivity contribution >= 4 is 17.6 Å². The van der Waals surface area contributed by atoms with Gasteiger partial charge in [-0.1, -0.05) is 28.9 Å². The van der Waals surface area contributed by atoms with Crippen LogP contribution in [0, 0.1) is 0 Å². The van der Waals surface area contributed by atoms with Crippen molar-refractivity contribution in [1.82, 2.24) is 25.7 Å². The zero-order valence-electron chi connectivity index (χ0n) is 17.1. The molecule has 0 radical (unpaired) electrons. The summed E-state index contributed by atoms with van der Waals surface area (Å²) in [5.41, 5.74) is 2.10. The molecule has 1 aromatic heterocycles. The van der Waals surface area contributed by atoms with Crippen molar-refractivity contribution in [2.45, 2.75) is 32.2 Å². The van der Waals surface area contributed by atoms with Crippen LogP contribution in [0.4, 0.5) is 0 Å². The molecule has 1 aliphatic rings. The number of likely N-dealkylation sites (tertiary alicyclic amines) is 1. The SMILES string of the molecule is C=C(C)CN1CCC(NC(=NC)NCCc2nc(-c3ccc(Cl)cc3)no2)CC1. The molecule has 1 aromatic carbocycles. The van der Waals surface area contributed by atoms with Gasteiger partial charge in [0, 0.05) is 56.3 Å². The van der Waals surface area contributed by atoms with Crippen LogP contribution in [0.15, 0.2) is 45.9 Å². The number of nitrogens with zero attached hydrogens (tertiary/aromatic N) is 4. The molecule has 1 fully saturated rings. The van der Waals surface area contributed by atoms with Crippen LogP contribution in [0.3, 0.4) is 0 Å². The highest BCUT2D eigenvalue weighted by atomic mass is 35.5. The number of nitrogens with one attached hydrogen (secondary N) is 2. The Hall–Kier alpha value is -2.38. The van der Waals surface area contributed by atoms with Crippen molar-refractivity contribution in [3.8, 4) is 11.4 Å². The van der Waals surface area contributed by atoms with Crippen LogP contribution >= 0.6 is 11.6 Å². The lowest BCUT2D eigenvalue weighted by Gasteiger charge is -2.33. The maximum absolute atomic E-state index is 5.92. The Labute approximate surface area is 177 Å². The zero-order valence-corrected chi connectivity index (χ0v) is 17.9. The standard InChI is InChI=1S/C21H29ClN6O/c1-15(2)14-28-12-9-18(10-13-28)25-21(23-3)24-11-8-19-26-20(27-29-19)16-4-6-17(22)7-5-16/h4-7,18H,1,8-14H2,2-3H3,(H2,23,24,25). The highest BCUT2D eigenvalue weighted by molar-refractivity contribution is 6.30. The third-order valence-electron chi connectivity index (χ3n) is 4.85. The number of rotatable bonds is 7. The van der Waals surface area contributed by atoms with Gasteiger partial charge in [-0.15, -0.1) is 0 Å². The molecule has 2 N–H and O–H groups in total. The molecule has 0 saturated carbocycles. The first-order valence-corrected chi connectivity index (χ1v) is 10.3. The number of benzene rings is 1. The summed E-state index contributed by atoms with van der Waals surface area (Å²) < 4.78 is 5.35. The van der Waals surface area contributed by atoms with Gasteiger partial charge in [0.15, 0.2) is 5.96 Å². The van der Waals surface area contributed by atoms with Crippen LogP contribution in [0.2, 0.25) is 5.02 Å². The minimum absolute atomic E-state index is 0.433. The normalized spacial score (nSPS) is 16.0. The molecule has 0 aliphatic carbocycles. The summed E-state index contributed by atoms with van der Waals surface area (Å²) in [6.45, 7) is 9.89. The summed E-state index contributed by atoms with van der Waals surface area (Å²) in [6.07, 6.45) is 2.82. The number of aromatic nitrogens is 2. The van der Waals surface area contributed by atoms with E-state index in [4.69, 9.17) is 16.1 Å². The van der Waals surface area contributed by atoms with Crippen molar-refractivity contribution in [3.05, 3.63) is 47.3 Å². The topological polar surface area (TPSA) is 78.6 Å². The molecule has 2 aromatic rings. The second-order valence-electron chi connectivity index (χ2n) is 7.42. The van der Waals surface area contributed by atoms with Crippen LogP contribution in [0.25, 0.3) is 11.4 Å². The predicted octanol–water partition coefficient (Wildman–Crippen LogP) is 3.14. The number of guanidine groups is 1. The first-order valence-electron chi connectivity index (χ1n) is 9.96. The van der Waals surface area contributed by atoms with Gasteiger partial charge in [-0.3, -0.25) is 9.89 Å². The molecule has 1 saturated heterocycles. The van der Waals surface area contributed by atoms with Crippen molar-refractivity contribution in [1.29, 1.82) is 0 Å². The minimum atomic E-state index is 0.433. The third kappa shape index (κ3) is 6.58. The van der Waals surface area contributed by atoms with Crippen LogP contribution < -0.4 is 10.6 Å². The zero-order chi connectivity index (χ0) is 20.6. The van der Waals surface area contributed by atoms with E-state index >= 15 is 0 Å². The molecular weight excluding hydrogens is 388 g/mol. The maximum atomic E-state index is 5.92. The monoisotopic (exact) mass is 416 g/mol.